The predicted molar refractivity (Wildman–Crippen MR) is 57.4 cm³/mol. The van der Waals surface area contributed by atoms with Crippen LogP contribution in [0.15, 0.2) is 5.38 Å². The van der Waals surface area contributed by atoms with E-state index in [1.807, 2.05) is 0 Å². The molecule has 78 valence electrons. The van der Waals surface area contributed by atoms with Crippen molar-refractivity contribution in [3.8, 4) is 0 Å². The molecule has 1 aromatic heterocycles. The molecule has 1 saturated heterocycles. The lowest BCUT2D eigenvalue weighted by Gasteiger charge is -2.19. The first-order valence-electron chi connectivity index (χ1n) is 5.03. The number of hydrogen-bond donors (Lipinski definition) is 1. The van der Waals surface area contributed by atoms with Crippen LogP contribution in [0.4, 0.5) is 0 Å². The van der Waals surface area contributed by atoms with Crippen LogP contribution < -0.4 is 5.73 Å². The number of aromatic nitrogens is 1. The second kappa shape index (κ2) is 3.96. The minimum Gasteiger partial charge on any atom is -0.368 e. The van der Waals surface area contributed by atoms with Gasteiger partial charge in [-0.1, -0.05) is 0 Å². The number of nitrogens with zero attached hydrogens (tertiary/aromatic N) is 1. The molecule has 2 N–H and O–H groups in total. The lowest BCUT2D eigenvalue weighted by atomic mass is 10.0. The number of ether oxygens (including phenoxy) is 1. The van der Waals surface area contributed by atoms with Gasteiger partial charge < -0.3 is 10.5 Å². The van der Waals surface area contributed by atoms with Crippen molar-refractivity contribution in [1.29, 1.82) is 0 Å². The molecule has 0 spiro atoms. The summed E-state index contributed by atoms with van der Waals surface area (Å²) in [6.07, 6.45) is 3.09. The van der Waals surface area contributed by atoms with Crippen molar-refractivity contribution in [3.05, 3.63) is 16.1 Å². The first-order valence-corrected chi connectivity index (χ1v) is 5.91. The lowest BCUT2D eigenvalue weighted by Crippen LogP contribution is -2.19. The summed E-state index contributed by atoms with van der Waals surface area (Å²) in [6, 6.07) is 0. The molecule has 14 heavy (non-hydrogen) atoms. The van der Waals surface area contributed by atoms with Crippen LogP contribution in [-0.2, 0) is 16.8 Å². The smallest absolute Gasteiger partial charge is 0.125 e. The Hall–Kier alpha value is -0.450. The van der Waals surface area contributed by atoms with Crippen LogP contribution in [0.25, 0.3) is 0 Å². The monoisotopic (exact) mass is 212 g/mol. The third kappa shape index (κ3) is 1.82. The van der Waals surface area contributed by atoms with Gasteiger partial charge in [0, 0.05) is 18.4 Å². The second-order valence-corrected chi connectivity index (χ2v) is 4.72. The Kier molecular flexibility index (Phi) is 2.85. The van der Waals surface area contributed by atoms with E-state index in [1.165, 1.54) is 0 Å². The minimum atomic E-state index is -0.127. The molecule has 1 fully saturated rings. The SMILES string of the molecule is CC1(c2nc(CCN)cs2)CCCO1. The van der Waals surface area contributed by atoms with Crippen LogP contribution in [0.5, 0.6) is 0 Å². The zero-order chi connectivity index (χ0) is 10.0. The van der Waals surface area contributed by atoms with Crippen LogP contribution in [0.2, 0.25) is 0 Å². The van der Waals surface area contributed by atoms with E-state index >= 15 is 0 Å². The van der Waals surface area contributed by atoms with Crippen molar-refractivity contribution in [3.63, 3.8) is 0 Å². The van der Waals surface area contributed by atoms with Gasteiger partial charge in [0.25, 0.3) is 0 Å². The van der Waals surface area contributed by atoms with E-state index in [-0.39, 0.29) is 5.60 Å². The fourth-order valence-electron chi connectivity index (χ4n) is 1.76. The zero-order valence-corrected chi connectivity index (χ0v) is 9.27. The summed E-state index contributed by atoms with van der Waals surface area (Å²) < 4.78 is 5.73. The Morgan fingerprint density at radius 2 is 2.57 bits per heavy atom. The van der Waals surface area contributed by atoms with Crippen molar-refractivity contribution in [2.24, 2.45) is 5.73 Å². The molecule has 4 heteroatoms. The summed E-state index contributed by atoms with van der Waals surface area (Å²) in [5.41, 5.74) is 6.46. The lowest BCUT2D eigenvalue weighted by molar-refractivity contribution is 0.0165. The molecule has 3 nitrogen and oxygen atoms in total. The summed E-state index contributed by atoms with van der Waals surface area (Å²) >= 11 is 1.69. The van der Waals surface area contributed by atoms with Gasteiger partial charge in [-0.3, -0.25) is 0 Å². The molecule has 0 radical (unpaired) electrons. The van der Waals surface area contributed by atoms with Crippen molar-refractivity contribution >= 4 is 11.3 Å². The maximum atomic E-state index is 5.73. The highest BCUT2D eigenvalue weighted by molar-refractivity contribution is 7.09. The largest absolute Gasteiger partial charge is 0.368 e. The van der Waals surface area contributed by atoms with E-state index in [2.05, 4.69) is 17.3 Å². The average molecular weight is 212 g/mol. The second-order valence-electron chi connectivity index (χ2n) is 3.87. The van der Waals surface area contributed by atoms with Gasteiger partial charge >= 0.3 is 0 Å². The van der Waals surface area contributed by atoms with E-state index in [9.17, 15) is 0 Å². The highest BCUT2D eigenvalue weighted by atomic mass is 32.1. The summed E-state index contributed by atoms with van der Waals surface area (Å²) in [6.45, 7) is 3.66. The van der Waals surface area contributed by atoms with Gasteiger partial charge in [0.1, 0.15) is 10.6 Å². The molecule has 0 aliphatic carbocycles. The fraction of sp³-hybridized carbons (Fsp3) is 0.700. The van der Waals surface area contributed by atoms with Crippen molar-refractivity contribution < 1.29 is 4.74 Å². The van der Waals surface area contributed by atoms with Crippen LogP contribution in [0.3, 0.4) is 0 Å². The quantitative estimate of drug-likeness (QED) is 0.829. The molecular formula is C10H16N2OS. The van der Waals surface area contributed by atoms with Crippen LogP contribution in [0, 0.1) is 0 Å². The average Bonchev–Trinajstić information content (AvgIpc) is 2.75. The Bertz CT molecular complexity index is 305. The van der Waals surface area contributed by atoms with Crippen molar-refractivity contribution in [2.45, 2.75) is 31.8 Å². The first-order chi connectivity index (χ1) is 6.74. The van der Waals surface area contributed by atoms with E-state index < -0.39 is 0 Å². The molecule has 2 heterocycles. The Labute approximate surface area is 88.3 Å². The number of nitrogens with two attached hydrogens (primary N) is 1. The molecule has 0 bridgehead atoms. The van der Waals surface area contributed by atoms with Gasteiger partial charge in [0.05, 0.1) is 5.69 Å². The van der Waals surface area contributed by atoms with Crippen LogP contribution in [0.1, 0.15) is 30.5 Å². The molecule has 1 aliphatic heterocycles. The van der Waals surface area contributed by atoms with Crippen LogP contribution in [-0.4, -0.2) is 18.1 Å². The van der Waals surface area contributed by atoms with Crippen LogP contribution >= 0.6 is 11.3 Å². The normalized spacial score (nSPS) is 27.0. The molecule has 1 aromatic rings. The Morgan fingerprint density at radius 3 is 3.21 bits per heavy atom. The molecule has 0 aromatic carbocycles. The maximum Gasteiger partial charge on any atom is 0.125 e. The third-order valence-electron chi connectivity index (χ3n) is 2.62. The molecule has 1 aliphatic rings. The Balaban J connectivity index is 2.15. The van der Waals surface area contributed by atoms with E-state index in [0.717, 1.165) is 36.6 Å². The topological polar surface area (TPSA) is 48.1 Å². The van der Waals surface area contributed by atoms with Gasteiger partial charge in [-0.25, -0.2) is 4.98 Å². The molecular weight excluding hydrogens is 196 g/mol. The number of thiazole rings is 1. The van der Waals surface area contributed by atoms with Gasteiger partial charge in [0.15, 0.2) is 0 Å². The minimum absolute atomic E-state index is 0.127. The molecule has 0 saturated carbocycles. The molecule has 1 atom stereocenters. The van der Waals surface area contributed by atoms with Crippen molar-refractivity contribution in [2.75, 3.05) is 13.2 Å². The van der Waals surface area contributed by atoms with E-state index in [4.69, 9.17) is 10.5 Å². The predicted octanol–water partition coefficient (Wildman–Crippen LogP) is 1.67. The van der Waals surface area contributed by atoms with E-state index in [0.29, 0.717) is 6.54 Å². The first kappa shape index (κ1) is 10.1. The highest BCUT2D eigenvalue weighted by Gasteiger charge is 2.34. The van der Waals surface area contributed by atoms with E-state index in [1.54, 1.807) is 11.3 Å². The van der Waals surface area contributed by atoms with Gasteiger partial charge in [-0.15, -0.1) is 11.3 Å². The summed E-state index contributed by atoms with van der Waals surface area (Å²) in [5.74, 6) is 0. The summed E-state index contributed by atoms with van der Waals surface area (Å²) in [4.78, 5) is 4.57. The standard InChI is InChI=1S/C10H16N2OS/c1-10(4-2-6-13-10)9-12-8(3-5-11)7-14-9/h7H,2-6,11H2,1H3. The molecule has 2 rings (SSSR count). The van der Waals surface area contributed by atoms with Gasteiger partial charge in [-0.2, -0.15) is 0 Å². The molecule has 0 amide bonds. The molecule has 1 unspecified atom stereocenters. The highest BCUT2D eigenvalue weighted by Crippen LogP contribution is 2.37. The van der Waals surface area contributed by atoms with Gasteiger partial charge in [0.2, 0.25) is 0 Å². The number of rotatable bonds is 3. The van der Waals surface area contributed by atoms with Crippen molar-refractivity contribution in [1.82, 2.24) is 4.98 Å². The number of hydrogen-bond acceptors (Lipinski definition) is 4. The third-order valence-corrected chi connectivity index (χ3v) is 3.76. The fourth-order valence-corrected chi connectivity index (χ4v) is 2.76. The summed E-state index contributed by atoms with van der Waals surface area (Å²) in [5, 5.41) is 3.20. The maximum absolute atomic E-state index is 5.73. The zero-order valence-electron chi connectivity index (χ0n) is 8.45. The Morgan fingerprint density at radius 1 is 1.71 bits per heavy atom. The van der Waals surface area contributed by atoms with Gasteiger partial charge in [-0.05, 0) is 26.3 Å². The summed E-state index contributed by atoms with van der Waals surface area (Å²) in [7, 11) is 0.